The van der Waals surface area contributed by atoms with Gasteiger partial charge in [-0.1, -0.05) is 13.8 Å². The van der Waals surface area contributed by atoms with Crippen molar-refractivity contribution in [2.24, 2.45) is 11.8 Å². The molecule has 1 aliphatic carbocycles. The van der Waals surface area contributed by atoms with E-state index in [4.69, 9.17) is 0 Å². The third-order valence-electron chi connectivity index (χ3n) is 3.79. The Kier molecular flexibility index (Phi) is 3.33. The van der Waals surface area contributed by atoms with Gasteiger partial charge in [-0.15, -0.1) is 0 Å². The minimum Gasteiger partial charge on any atom is -0.392 e. The van der Waals surface area contributed by atoms with Gasteiger partial charge in [0.2, 0.25) is 0 Å². The van der Waals surface area contributed by atoms with Crippen molar-refractivity contribution >= 4 is 0 Å². The van der Waals surface area contributed by atoms with Gasteiger partial charge in [0.05, 0.1) is 11.8 Å². The average molecular weight is 222 g/mol. The van der Waals surface area contributed by atoms with Crippen LogP contribution in [0.1, 0.15) is 45.3 Å². The van der Waals surface area contributed by atoms with E-state index >= 15 is 0 Å². The van der Waals surface area contributed by atoms with Gasteiger partial charge in [-0.25, -0.2) is 0 Å². The Labute approximate surface area is 97.5 Å². The summed E-state index contributed by atoms with van der Waals surface area (Å²) < 4.78 is 2.00. The summed E-state index contributed by atoms with van der Waals surface area (Å²) in [6, 6.07) is 2.48. The summed E-state index contributed by atoms with van der Waals surface area (Å²) >= 11 is 0. The molecule has 4 atom stereocenters. The van der Waals surface area contributed by atoms with Gasteiger partial charge in [0.1, 0.15) is 0 Å². The third-order valence-corrected chi connectivity index (χ3v) is 3.79. The van der Waals surface area contributed by atoms with Crippen molar-refractivity contribution in [3.05, 3.63) is 18.0 Å². The van der Waals surface area contributed by atoms with Crippen LogP contribution in [0, 0.1) is 11.8 Å². The van der Waals surface area contributed by atoms with E-state index < -0.39 is 0 Å². The fraction of sp³-hybridized carbons (Fsp3) is 0.769. The molecule has 0 amide bonds. The lowest BCUT2D eigenvalue weighted by Crippen LogP contribution is -2.15. The number of rotatable bonds is 5. The largest absolute Gasteiger partial charge is 0.392 e. The molecule has 1 aromatic heterocycles. The van der Waals surface area contributed by atoms with Crippen LogP contribution >= 0.6 is 0 Å². The molecular formula is C13H22N2O. The first-order valence-electron chi connectivity index (χ1n) is 6.34. The van der Waals surface area contributed by atoms with Gasteiger partial charge in [0.15, 0.2) is 0 Å². The highest BCUT2D eigenvalue weighted by Crippen LogP contribution is 2.41. The molecule has 1 fully saturated rings. The molecule has 0 bridgehead atoms. The van der Waals surface area contributed by atoms with Gasteiger partial charge in [-0.3, -0.25) is 4.68 Å². The van der Waals surface area contributed by atoms with Crippen LogP contribution in [0.15, 0.2) is 12.3 Å². The van der Waals surface area contributed by atoms with Crippen molar-refractivity contribution in [1.29, 1.82) is 0 Å². The molecule has 3 heteroatoms. The molecule has 0 radical (unpaired) electrons. The lowest BCUT2D eigenvalue weighted by Gasteiger charge is -2.09. The second kappa shape index (κ2) is 4.58. The molecule has 1 aliphatic rings. The summed E-state index contributed by atoms with van der Waals surface area (Å²) in [7, 11) is 0. The summed E-state index contributed by atoms with van der Waals surface area (Å²) in [4.78, 5) is 0. The zero-order valence-corrected chi connectivity index (χ0v) is 10.4. The topological polar surface area (TPSA) is 38.0 Å². The van der Waals surface area contributed by atoms with E-state index in [9.17, 15) is 5.11 Å². The first kappa shape index (κ1) is 11.6. The highest BCUT2D eigenvalue weighted by Gasteiger charge is 2.38. The number of aromatic nitrogens is 2. The molecule has 90 valence electrons. The fourth-order valence-corrected chi connectivity index (χ4v) is 2.17. The van der Waals surface area contributed by atoms with Gasteiger partial charge in [-0.05, 0) is 37.7 Å². The zero-order chi connectivity index (χ0) is 11.7. The van der Waals surface area contributed by atoms with Crippen molar-refractivity contribution in [3.63, 3.8) is 0 Å². The molecule has 0 aliphatic heterocycles. The van der Waals surface area contributed by atoms with Crippen molar-refractivity contribution in [2.45, 2.75) is 52.2 Å². The van der Waals surface area contributed by atoms with E-state index in [1.807, 2.05) is 16.9 Å². The van der Waals surface area contributed by atoms with E-state index in [1.165, 1.54) is 6.42 Å². The highest BCUT2D eigenvalue weighted by atomic mass is 16.3. The van der Waals surface area contributed by atoms with Crippen molar-refractivity contribution in [3.8, 4) is 0 Å². The van der Waals surface area contributed by atoms with Crippen LogP contribution in [0.25, 0.3) is 0 Å². The van der Waals surface area contributed by atoms with Crippen LogP contribution in [-0.4, -0.2) is 21.0 Å². The Balaban J connectivity index is 1.92. The minimum atomic E-state index is -0.199. The maximum atomic E-state index is 9.97. The molecule has 3 nitrogen and oxygen atoms in total. The molecule has 1 heterocycles. The zero-order valence-electron chi connectivity index (χ0n) is 10.4. The summed E-state index contributed by atoms with van der Waals surface area (Å²) in [6.45, 7) is 6.52. The average Bonchev–Trinajstić information content (AvgIpc) is 2.82. The normalized spacial score (nSPS) is 27.8. The smallest absolute Gasteiger partial charge is 0.0650 e. The number of hydrogen-bond acceptors (Lipinski definition) is 2. The Morgan fingerprint density at radius 2 is 2.31 bits per heavy atom. The monoisotopic (exact) mass is 222 g/mol. The predicted molar refractivity (Wildman–Crippen MR) is 64.2 cm³/mol. The lowest BCUT2D eigenvalue weighted by molar-refractivity contribution is 0.145. The minimum absolute atomic E-state index is 0.199. The number of nitrogens with zero attached hydrogens (tertiary/aromatic N) is 2. The lowest BCUT2D eigenvalue weighted by atomic mass is 10.1. The maximum absolute atomic E-state index is 9.97. The molecule has 0 aromatic carbocycles. The Morgan fingerprint density at radius 1 is 1.62 bits per heavy atom. The Bertz CT molecular complexity index is 347. The molecule has 1 N–H and O–H groups in total. The van der Waals surface area contributed by atoms with Crippen molar-refractivity contribution in [2.75, 3.05) is 0 Å². The molecule has 4 unspecified atom stereocenters. The van der Waals surface area contributed by atoms with Crippen LogP contribution < -0.4 is 0 Å². The fourth-order valence-electron chi connectivity index (χ4n) is 2.17. The predicted octanol–water partition coefficient (Wildman–Crippen LogP) is 2.41. The van der Waals surface area contributed by atoms with Gasteiger partial charge in [-0.2, -0.15) is 5.10 Å². The number of aliphatic hydroxyl groups excluding tert-OH is 1. The summed E-state index contributed by atoms with van der Waals surface area (Å²) in [5.41, 5.74) is 1.02. The van der Waals surface area contributed by atoms with E-state index in [0.717, 1.165) is 12.1 Å². The SMILES string of the molecule is CCC(C)n1ccc(CC(O)C2CC2C)n1. The second-order valence-corrected chi connectivity index (χ2v) is 5.19. The molecular weight excluding hydrogens is 200 g/mol. The quantitative estimate of drug-likeness (QED) is 0.830. The molecule has 1 aromatic rings. The first-order chi connectivity index (χ1) is 7.61. The van der Waals surface area contributed by atoms with Crippen LogP contribution in [0.2, 0.25) is 0 Å². The molecule has 16 heavy (non-hydrogen) atoms. The van der Waals surface area contributed by atoms with E-state index in [2.05, 4.69) is 25.9 Å². The number of aliphatic hydroxyl groups is 1. The highest BCUT2D eigenvalue weighted by molar-refractivity contribution is 5.04. The van der Waals surface area contributed by atoms with Crippen LogP contribution in [0.5, 0.6) is 0 Å². The molecule has 2 rings (SSSR count). The van der Waals surface area contributed by atoms with Crippen LogP contribution in [0.3, 0.4) is 0 Å². The standard InChI is InChI=1S/C13H22N2O/c1-4-10(3)15-6-5-11(14-15)8-13(16)12-7-9(12)2/h5-6,9-10,12-13,16H,4,7-8H2,1-3H3. The second-order valence-electron chi connectivity index (χ2n) is 5.19. The first-order valence-corrected chi connectivity index (χ1v) is 6.34. The molecule has 0 saturated heterocycles. The summed E-state index contributed by atoms with van der Waals surface area (Å²) in [5, 5.41) is 14.5. The van der Waals surface area contributed by atoms with Gasteiger partial charge < -0.3 is 5.11 Å². The van der Waals surface area contributed by atoms with Gasteiger partial charge >= 0.3 is 0 Å². The van der Waals surface area contributed by atoms with Crippen molar-refractivity contribution in [1.82, 2.24) is 9.78 Å². The number of hydrogen-bond donors (Lipinski definition) is 1. The maximum Gasteiger partial charge on any atom is 0.0650 e. The van der Waals surface area contributed by atoms with Gasteiger partial charge in [0, 0.05) is 18.7 Å². The van der Waals surface area contributed by atoms with Crippen molar-refractivity contribution < 1.29 is 5.11 Å². The van der Waals surface area contributed by atoms with Gasteiger partial charge in [0.25, 0.3) is 0 Å². The third kappa shape index (κ3) is 2.46. The van der Waals surface area contributed by atoms with E-state index in [-0.39, 0.29) is 6.10 Å². The molecule has 1 saturated carbocycles. The van der Waals surface area contributed by atoms with E-state index in [1.54, 1.807) is 0 Å². The Morgan fingerprint density at radius 3 is 2.88 bits per heavy atom. The Hall–Kier alpha value is -0.830. The summed E-state index contributed by atoms with van der Waals surface area (Å²) in [5.74, 6) is 1.21. The van der Waals surface area contributed by atoms with Crippen LogP contribution in [0.4, 0.5) is 0 Å². The molecule has 0 spiro atoms. The van der Waals surface area contributed by atoms with E-state index in [0.29, 0.717) is 24.3 Å². The van der Waals surface area contributed by atoms with Crippen LogP contribution in [-0.2, 0) is 6.42 Å². The summed E-state index contributed by atoms with van der Waals surface area (Å²) in [6.07, 6.45) is 4.79.